The van der Waals surface area contributed by atoms with E-state index in [1.54, 1.807) is 0 Å². The lowest BCUT2D eigenvalue weighted by molar-refractivity contribution is 0.127. The van der Waals surface area contributed by atoms with Crippen molar-refractivity contribution in [2.45, 2.75) is 95.6 Å². The molecule has 0 amide bonds. The molecule has 2 saturated carbocycles. The molecule has 0 radical (unpaired) electrons. The van der Waals surface area contributed by atoms with E-state index in [9.17, 15) is 0 Å². The fraction of sp³-hybridized carbons (Fsp3) is 0.636. The van der Waals surface area contributed by atoms with Crippen molar-refractivity contribution in [3.05, 3.63) is 72.3 Å². The minimum absolute atomic E-state index is 0.874. The molecule has 2 heteroatoms. The highest BCUT2D eigenvalue weighted by atomic mass is 15.2. The summed E-state index contributed by atoms with van der Waals surface area (Å²) in [5, 5.41) is 0. The van der Waals surface area contributed by atoms with Crippen molar-refractivity contribution in [1.82, 2.24) is 9.80 Å². The molecule has 3 fully saturated rings. The first kappa shape index (κ1) is 26.4. The molecule has 1 aliphatic heterocycles. The first-order valence-electron chi connectivity index (χ1n) is 14.8. The van der Waals surface area contributed by atoms with Crippen LogP contribution in [-0.2, 0) is 6.42 Å². The van der Waals surface area contributed by atoms with E-state index in [4.69, 9.17) is 0 Å². The standard InChI is InChI=1S/C27H44N2.C6H6/c1-28(26-13-6-3-7-14-26)27-16-15-25(21-27)22-29-19-17-24(18-20-29)12-8-11-23-9-4-2-5-10-23;1-2-4-6-5-3-1/h2,4-5,9-10,24-27H,3,6-8,11-22H2,1H3;1-6H. The number of likely N-dealkylation sites (tertiary alicyclic amines) is 1. The van der Waals surface area contributed by atoms with E-state index in [0.29, 0.717) is 0 Å². The van der Waals surface area contributed by atoms with Crippen LogP contribution >= 0.6 is 0 Å². The Labute approximate surface area is 216 Å². The normalized spacial score (nSPS) is 24.3. The maximum absolute atomic E-state index is 2.81. The molecule has 1 saturated heterocycles. The predicted molar refractivity (Wildman–Crippen MR) is 151 cm³/mol. The van der Waals surface area contributed by atoms with Crippen molar-refractivity contribution < 1.29 is 0 Å². The lowest BCUT2D eigenvalue weighted by Gasteiger charge is -2.36. The molecule has 2 aliphatic carbocycles. The van der Waals surface area contributed by atoms with Crippen molar-refractivity contribution >= 4 is 0 Å². The average molecular weight is 475 g/mol. The van der Waals surface area contributed by atoms with Crippen LogP contribution in [0.4, 0.5) is 0 Å². The fourth-order valence-electron chi connectivity index (χ4n) is 6.82. The second-order valence-electron chi connectivity index (χ2n) is 11.6. The second-order valence-corrected chi connectivity index (χ2v) is 11.6. The van der Waals surface area contributed by atoms with Crippen LogP contribution in [0.15, 0.2) is 66.7 Å². The van der Waals surface area contributed by atoms with Gasteiger partial charge in [0.05, 0.1) is 0 Å². The van der Waals surface area contributed by atoms with Crippen molar-refractivity contribution in [2.24, 2.45) is 11.8 Å². The third-order valence-electron chi connectivity index (χ3n) is 9.05. The van der Waals surface area contributed by atoms with Crippen LogP contribution in [-0.4, -0.2) is 48.6 Å². The summed E-state index contributed by atoms with van der Waals surface area (Å²) < 4.78 is 0. The summed E-state index contributed by atoms with van der Waals surface area (Å²) in [5.74, 6) is 1.93. The largest absolute Gasteiger partial charge is 0.303 e. The van der Waals surface area contributed by atoms with E-state index in [1.807, 2.05) is 36.4 Å². The van der Waals surface area contributed by atoms with E-state index in [2.05, 4.69) is 47.2 Å². The van der Waals surface area contributed by atoms with Crippen molar-refractivity contribution in [1.29, 1.82) is 0 Å². The topological polar surface area (TPSA) is 6.48 Å². The molecule has 0 aromatic heterocycles. The van der Waals surface area contributed by atoms with E-state index >= 15 is 0 Å². The number of benzene rings is 2. The molecule has 1 heterocycles. The number of piperidine rings is 1. The lowest BCUT2D eigenvalue weighted by atomic mass is 9.90. The van der Waals surface area contributed by atoms with E-state index in [1.165, 1.54) is 109 Å². The third kappa shape index (κ3) is 9.07. The molecule has 2 unspecified atom stereocenters. The van der Waals surface area contributed by atoms with E-state index in [-0.39, 0.29) is 0 Å². The molecule has 2 atom stereocenters. The van der Waals surface area contributed by atoms with Crippen LogP contribution in [0.25, 0.3) is 0 Å². The molecule has 192 valence electrons. The number of rotatable bonds is 8. The highest BCUT2D eigenvalue weighted by Gasteiger charge is 2.32. The number of hydrogen-bond acceptors (Lipinski definition) is 2. The number of nitrogens with zero attached hydrogens (tertiary/aromatic N) is 2. The van der Waals surface area contributed by atoms with Gasteiger partial charge in [-0.25, -0.2) is 0 Å². The van der Waals surface area contributed by atoms with Gasteiger partial charge in [0.2, 0.25) is 0 Å². The van der Waals surface area contributed by atoms with Gasteiger partial charge in [0.15, 0.2) is 0 Å². The highest BCUT2D eigenvalue weighted by molar-refractivity contribution is 5.14. The highest BCUT2D eigenvalue weighted by Crippen LogP contribution is 2.34. The molecule has 2 nitrogen and oxygen atoms in total. The van der Waals surface area contributed by atoms with Gasteiger partial charge in [-0.05, 0) is 95.3 Å². The van der Waals surface area contributed by atoms with Gasteiger partial charge in [0.1, 0.15) is 0 Å². The van der Waals surface area contributed by atoms with E-state index in [0.717, 1.165) is 23.9 Å². The van der Waals surface area contributed by atoms with Crippen LogP contribution in [0, 0.1) is 11.8 Å². The van der Waals surface area contributed by atoms with Crippen molar-refractivity contribution in [3.63, 3.8) is 0 Å². The Hall–Kier alpha value is -1.64. The molecule has 5 rings (SSSR count). The Morgan fingerprint density at radius 2 is 1.31 bits per heavy atom. The Kier molecular flexibility index (Phi) is 11.2. The van der Waals surface area contributed by atoms with Crippen LogP contribution in [0.2, 0.25) is 0 Å². The molecule has 3 aliphatic rings. The maximum Gasteiger partial charge on any atom is 0.00983 e. The van der Waals surface area contributed by atoms with Crippen LogP contribution in [0.3, 0.4) is 0 Å². The summed E-state index contributed by atoms with van der Waals surface area (Å²) in [6.45, 7) is 4.09. The van der Waals surface area contributed by atoms with E-state index < -0.39 is 0 Å². The summed E-state index contributed by atoms with van der Waals surface area (Å²) in [5.41, 5.74) is 1.51. The van der Waals surface area contributed by atoms with Crippen LogP contribution in [0.5, 0.6) is 0 Å². The zero-order chi connectivity index (χ0) is 24.1. The Morgan fingerprint density at radius 1 is 0.686 bits per heavy atom. The molecule has 0 spiro atoms. The monoisotopic (exact) mass is 474 g/mol. The molecule has 2 aromatic rings. The zero-order valence-corrected chi connectivity index (χ0v) is 22.4. The van der Waals surface area contributed by atoms with Gasteiger partial charge in [-0.3, -0.25) is 0 Å². The minimum atomic E-state index is 0.874. The number of aryl methyl sites for hydroxylation is 1. The molecular weight excluding hydrogens is 424 g/mol. The smallest absolute Gasteiger partial charge is 0.00983 e. The lowest BCUT2D eigenvalue weighted by Crippen LogP contribution is -2.41. The van der Waals surface area contributed by atoms with Gasteiger partial charge in [0.25, 0.3) is 0 Å². The third-order valence-corrected chi connectivity index (χ3v) is 9.05. The van der Waals surface area contributed by atoms with Gasteiger partial charge < -0.3 is 9.80 Å². The SMILES string of the molecule is CN(C1CCCCC1)C1CCC(CN2CCC(CCCc3ccccc3)CC2)C1.c1ccccc1. The van der Waals surface area contributed by atoms with Gasteiger partial charge in [-0.1, -0.05) is 92.4 Å². The first-order valence-corrected chi connectivity index (χ1v) is 14.8. The minimum Gasteiger partial charge on any atom is -0.303 e. The summed E-state index contributed by atoms with van der Waals surface area (Å²) in [6.07, 6.45) is 18.6. The van der Waals surface area contributed by atoms with Gasteiger partial charge in [0, 0.05) is 18.6 Å². The molecule has 0 bridgehead atoms. The van der Waals surface area contributed by atoms with Crippen molar-refractivity contribution in [2.75, 3.05) is 26.7 Å². The summed E-state index contributed by atoms with van der Waals surface area (Å²) in [7, 11) is 2.43. The van der Waals surface area contributed by atoms with Gasteiger partial charge in [-0.2, -0.15) is 0 Å². The Morgan fingerprint density at radius 3 is 1.97 bits per heavy atom. The van der Waals surface area contributed by atoms with Gasteiger partial charge in [-0.15, -0.1) is 0 Å². The summed E-state index contributed by atoms with van der Waals surface area (Å²) in [6, 6.07) is 24.8. The summed E-state index contributed by atoms with van der Waals surface area (Å²) >= 11 is 0. The maximum atomic E-state index is 2.81. The van der Waals surface area contributed by atoms with Gasteiger partial charge >= 0.3 is 0 Å². The molecule has 0 N–H and O–H groups in total. The molecular formula is C33H50N2. The van der Waals surface area contributed by atoms with Crippen molar-refractivity contribution in [3.8, 4) is 0 Å². The predicted octanol–water partition coefficient (Wildman–Crippen LogP) is 7.84. The number of hydrogen-bond donors (Lipinski definition) is 0. The molecule has 2 aromatic carbocycles. The first-order chi connectivity index (χ1) is 17.3. The quantitative estimate of drug-likeness (QED) is 0.384. The average Bonchev–Trinajstić information content (AvgIpc) is 3.40. The Bertz CT molecular complexity index is 751. The summed E-state index contributed by atoms with van der Waals surface area (Å²) in [4.78, 5) is 5.60. The second kappa shape index (κ2) is 14.8. The Balaban J connectivity index is 0.000000421. The fourth-order valence-corrected chi connectivity index (χ4v) is 6.82. The zero-order valence-electron chi connectivity index (χ0n) is 22.4. The molecule has 35 heavy (non-hydrogen) atoms. The van der Waals surface area contributed by atoms with Crippen LogP contribution in [0.1, 0.15) is 82.6 Å². The van der Waals surface area contributed by atoms with Crippen LogP contribution < -0.4 is 0 Å².